The Bertz CT molecular complexity index is 988. The average molecular weight is 392 g/mol. The summed E-state index contributed by atoms with van der Waals surface area (Å²) < 4.78 is 11.0. The molecule has 7 heteroatoms. The fraction of sp³-hybridized carbons (Fsp3) is 0.227. The summed E-state index contributed by atoms with van der Waals surface area (Å²) in [5.41, 5.74) is 1.68. The first kappa shape index (κ1) is 20.1. The Morgan fingerprint density at radius 3 is 2.45 bits per heavy atom. The van der Waals surface area contributed by atoms with Crippen molar-refractivity contribution >= 4 is 23.1 Å². The zero-order valence-corrected chi connectivity index (χ0v) is 16.9. The Kier molecular flexibility index (Phi) is 6.29. The number of nitrogens with one attached hydrogen (secondary N) is 2. The number of anilines is 3. The molecule has 0 saturated heterocycles. The van der Waals surface area contributed by atoms with E-state index in [0.29, 0.717) is 23.1 Å². The summed E-state index contributed by atoms with van der Waals surface area (Å²) in [6.07, 6.45) is 0.0379. The normalized spacial score (nSPS) is 10.5. The fourth-order valence-corrected chi connectivity index (χ4v) is 2.68. The first-order valence-electron chi connectivity index (χ1n) is 9.28. The monoisotopic (exact) mass is 392 g/mol. The maximum absolute atomic E-state index is 12.7. The van der Waals surface area contributed by atoms with Crippen molar-refractivity contribution in [1.29, 1.82) is 0 Å². The highest BCUT2D eigenvalue weighted by atomic mass is 16.5. The predicted octanol–water partition coefficient (Wildman–Crippen LogP) is 4.58. The molecule has 0 radical (unpaired) electrons. The maximum atomic E-state index is 12.7. The van der Waals surface area contributed by atoms with E-state index in [2.05, 4.69) is 20.6 Å². The van der Waals surface area contributed by atoms with Crippen LogP contribution in [-0.2, 0) is 0 Å². The second-order valence-corrected chi connectivity index (χ2v) is 6.66. The minimum absolute atomic E-state index is 0.0379. The summed E-state index contributed by atoms with van der Waals surface area (Å²) in [6, 6.07) is 16.3. The molecule has 0 aliphatic rings. The minimum atomic E-state index is -0.324. The number of carbonyl (C=O) groups excluding carboxylic acids is 1. The van der Waals surface area contributed by atoms with Gasteiger partial charge in [-0.3, -0.25) is 4.79 Å². The van der Waals surface area contributed by atoms with Gasteiger partial charge >= 0.3 is 0 Å². The standard InChI is InChI=1S/C22H24N4O3/c1-14(2)29-20-8-6-5-7-18(20)26-21-13-19(23-15(3)24-21)22(27)25-16-9-11-17(28-4)12-10-16/h5-14H,1-4H3,(H,25,27)(H,23,24,26). The number of carbonyl (C=O) groups is 1. The minimum Gasteiger partial charge on any atom is -0.497 e. The second-order valence-electron chi connectivity index (χ2n) is 6.66. The molecule has 2 aromatic carbocycles. The van der Waals surface area contributed by atoms with Gasteiger partial charge in [-0.05, 0) is 57.2 Å². The van der Waals surface area contributed by atoms with Crippen LogP contribution in [0.25, 0.3) is 0 Å². The van der Waals surface area contributed by atoms with Gasteiger partial charge in [0, 0.05) is 11.8 Å². The van der Waals surface area contributed by atoms with Crippen LogP contribution in [-0.4, -0.2) is 29.1 Å². The quantitative estimate of drug-likeness (QED) is 0.612. The third-order valence-corrected chi connectivity index (χ3v) is 3.93. The smallest absolute Gasteiger partial charge is 0.274 e. The van der Waals surface area contributed by atoms with Crippen molar-refractivity contribution in [2.75, 3.05) is 17.7 Å². The van der Waals surface area contributed by atoms with Gasteiger partial charge in [-0.15, -0.1) is 0 Å². The molecule has 0 unspecified atom stereocenters. The van der Waals surface area contributed by atoms with E-state index in [1.807, 2.05) is 38.1 Å². The number of hydrogen-bond donors (Lipinski definition) is 2. The summed E-state index contributed by atoms with van der Waals surface area (Å²) in [5, 5.41) is 6.05. The molecular formula is C22H24N4O3. The van der Waals surface area contributed by atoms with E-state index in [1.54, 1.807) is 44.4 Å². The van der Waals surface area contributed by atoms with Crippen molar-refractivity contribution in [3.05, 3.63) is 66.1 Å². The Labute approximate surface area is 170 Å². The molecule has 0 saturated carbocycles. The Balaban J connectivity index is 1.80. The molecule has 7 nitrogen and oxygen atoms in total. The molecule has 0 atom stereocenters. The molecule has 3 aromatic rings. The van der Waals surface area contributed by atoms with Crippen molar-refractivity contribution in [3.8, 4) is 11.5 Å². The van der Waals surface area contributed by atoms with Crippen molar-refractivity contribution in [2.45, 2.75) is 26.9 Å². The summed E-state index contributed by atoms with van der Waals surface area (Å²) in [5.74, 6) is 2.10. The van der Waals surface area contributed by atoms with Crippen molar-refractivity contribution < 1.29 is 14.3 Å². The summed E-state index contributed by atoms with van der Waals surface area (Å²) in [4.78, 5) is 21.3. The van der Waals surface area contributed by atoms with Gasteiger partial charge in [0.25, 0.3) is 5.91 Å². The number of hydrogen-bond acceptors (Lipinski definition) is 6. The Morgan fingerprint density at radius 2 is 1.76 bits per heavy atom. The molecule has 1 amide bonds. The third kappa shape index (κ3) is 5.44. The van der Waals surface area contributed by atoms with Gasteiger partial charge in [0.15, 0.2) is 0 Å². The lowest BCUT2D eigenvalue weighted by molar-refractivity contribution is 0.102. The summed E-state index contributed by atoms with van der Waals surface area (Å²) >= 11 is 0. The fourth-order valence-electron chi connectivity index (χ4n) is 2.68. The molecule has 0 spiro atoms. The topological polar surface area (TPSA) is 85.4 Å². The second kappa shape index (κ2) is 9.05. The van der Waals surface area contributed by atoms with E-state index in [1.165, 1.54) is 0 Å². The third-order valence-electron chi connectivity index (χ3n) is 3.93. The molecule has 0 aliphatic carbocycles. The van der Waals surface area contributed by atoms with Crippen molar-refractivity contribution in [1.82, 2.24) is 9.97 Å². The molecular weight excluding hydrogens is 368 g/mol. The Hall–Kier alpha value is -3.61. The zero-order chi connectivity index (χ0) is 20.8. The molecule has 29 heavy (non-hydrogen) atoms. The number of nitrogens with zero attached hydrogens (tertiary/aromatic N) is 2. The number of ether oxygens (including phenoxy) is 2. The van der Waals surface area contributed by atoms with Gasteiger partial charge in [-0.25, -0.2) is 9.97 Å². The van der Waals surface area contributed by atoms with Gasteiger partial charge in [-0.1, -0.05) is 12.1 Å². The van der Waals surface area contributed by atoms with E-state index < -0.39 is 0 Å². The van der Waals surface area contributed by atoms with Gasteiger partial charge < -0.3 is 20.1 Å². The predicted molar refractivity (Wildman–Crippen MR) is 113 cm³/mol. The van der Waals surface area contributed by atoms with E-state index >= 15 is 0 Å². The van der Waals surface area contributed by atoms with Crippen molar-refractivity contribution in [3.63, 3.8) is 0 Å². The van der Waals surface area contributed by atoms with Crippen molar-refractivity contribution in [2.24, 2.45) is 0 Å². The van der Waals surface area contributed by atoms with E-state index in [4.69, 9.17) is 9.47 Å². The molecule has 0 aliphatic heterocycles. The molecule has 0 bridgehead atoms. The molecule has 0 fully saturated rings. The first-order chi connectivity index (χ1) is 13.9. The molecule has 3 rings (SSSR count). The Morgan fingerprint density at radius 1 is 1.03 bits per heavy atom. The van der Waals surface area contributed by atoms with E-state index in [-0.39, 0.29) is 17.7 Å². The lowest BCUT2D eigenvalue weighted by atomic mass is 10.2. The van der Waals surface area contributed by atoms with Crippen LogP contribution >= 0.6 is 0 Å². The number of aromatic nitrogens is 2. The van der Waals surface area contributed by atoms with Crippen LogP contribution in [0.5, 0.6) is 11.5 Å². The molecule has 150 valence electrons. The van der Waals surface area contributed by atoms with Crippen LogP contribution in [0.2, 0.25) is 0 Å². The van der Waals surface area contributed by atoms with Gasteiger partial charge in [0.2, 0.25) is 0 Å². The summed E-state index contributed by atoms with van der Waals surface area (Å²) in [7, 11) is 1.59. The SMILES string of the molecule is COc1ccc(NC(=O)c2cc(Nc3ccccc3OC(C)C)nc(C)n2)cc1. The van der Waals surface area contributed by atoms with Crippen LogP contribution in [0.15, 0.2) is 54.6 Å². The highest BCUT2D eigenvalue weighted by Crippen LogP contribution is 2.28. The average Bonchev–Trinajstić information content (AvgIpc) is 2.69. The number of para-hydroxylation sites is 2. The van der Waals surface area contributed by atoms with Crippen LogP contribution in [0.1, 0.15) is 30.2 Å². The lowest BCUT2D eigenvalue weighted by Crippen LogP contribution is -2.15. The van der Waals surface area contributed by atoms with Gasteiger partial charge in [0.05, 0.1) is 18.9 Å². The zero-order valence-electron chi connectivity index (χ0n) is 16.9. The largest absolute Gasteiger partial charge is 0.497 e. The molecule has 1 heterocycles. The van der Waals surface area contributed by atoms with Crippen LogP contribution in [0.4, 0.5) is 17.2 Å². The van der Waals surface area contributed by atoms with Gasteiger partial charge in [-0.2, -0.15) is 0 Å². The molecule has 2 N–H and O–H groups in total. The number of aryl methyl sites for hydroxylation is 1. The summed E-state index contributed by atoms with van der Waals surface area (Å²) in [6.45, 7) is 5.67. The maximum Gasteiger partial charge on any atom is 0.274 e. The number of rotatable bonds is 7. The highest BCUT2D eigenvalue weighted by molar-refractivity contribution is 6.03. The van der Waals surface area contributed by atoms with Crippen LogP contribution in [0, 0.1) is 6.92 Å². The van der Waals surface area contributed by atoms with Crippen LogP contribution < -0.4 is 20.1 Å². The first-order valence-corrected chi connectivity index (χ1v) is 9.28. The van der Waals surface area contributed by atoms with E-state index in [9.17, 15) is 4.79 Å². The number of benzene rings is 2. The molecule has 1 aromatic heterocycles. The lowest BCUT2D eigenvalue weighted by Gasteiger charge is -2.15. The van der Waals surface area contributed by atoms with Crippen LogP contribution in [0.3, 0.4) is 0 Å². The number of methoxy groups -OCH3 is 1. The highest BCUT2D eigenvalue weighted by Gasteiger charge is 2.13. The van der Waals surface area contributed by atoms with E-state index in [0.717, 1.165) is 11.4 Å². The number of amides is 1. The van der Waals surface area contributed by atoms with Gasteiger partial charge in [0.1, 0.15) is 28.8 Å².